The Labute approximate surface area is 73.2 Å². The Morgan fingerprint density at radius 3 is 2.50 bits per heavy atom. The van der Waals surface area contributed by atoms with E-state index in [9.17, 15) is 4.79 Å². The maximum absolute atomic E-state index is 10.7. The van der Waals surface area contributed by atoms with Gasteiger partial charge in [-0.3, -0.25) is 0 Å². The fourth-order valence-corrected chi connectivity index (χ4v) is 0.611. The molecule has 0 saturated carbocycles. The number of carbonyl (C=O) groups excluding carboxylic acids is 1. The molecule has 0 aromatic carbocycles. The molecule has 2 nitrogen and oxygen atoms in total. The Kier molecular flexibility index (Phi) is 5.70. The lowest BCUT2D eigenvalue weighted by atomic mass is 10.2. The minimum Gasteiger partial charge on any atom is -0.466 e. The molecule has 12 heavy (non-hydrogen) atoms. The maximum atomic E-state index is 10.7. The highest BCUT2D eigenvalue weighted by atomic mass is 16.5. The topological polar surface area (TPSA) is 26.3 Å². The monoisotopic (exact) mass is 166 g/mol. The molecule has 0 radical (unpaired) electrons. The number of methoxy groups -OCH3 is 1. The summed E-state index contributed by atoms with van der Waals surface area (Å²) in [5.41, 5.74) is 0.875. The molecule has 0 aliphatic carbocycles. The highest BCUT2D eigenvalue weighted by Gasteiger charge is 1.91. The fourth-order valence-electron chi connectivity index (χ4n) is 0.611. The highest BCUT2D eigenvalue weighted by molar-refractivity contribution is 5.83. The molecule has 66 valence electrons. The van der Waals surface area contributed by atoms with Gasteiger partial charge in [0.25, 0.3) is 0 Å². The van der Waals surface area contributed by atoms with Crippen LogP contribution in [0.25, 0.3) is 0 Å². The molecule has 0 heterocycles. The smallest absolute Gasteiger partial charge is 0.330 e. The molecular formula is C10H14O2. The zero-order valence-electron chi connectivity index (χ0n) is 7.70. The summed E-state index contributed by atoms with van der Waals surface area (Å²) in [5, 5.41) is 0. The van der Waals surface area contributed by atoms with Gasteiger partial charge in [-0.25, -0.2) is 4.79 Å². The van der Waals surface area contributed by atoms with E-state index in [1.165, 1.54) is 13.2 Å². The van der Waals surface area contributed by atoms with E-state index >= 15 is 0 Å². The first-order chi connectivity index (χ1) is 5.70. The molecule has 0 spiro atoms. The van der Waals surface area contributed by atoms with Crippen LogP contribution < -0.4 is 0 Å². The van der Waals surface area contributed by atoms with Crippen molar-refractivity contribution in [2.24, 2.45) is 0 Å². The summed E-state index contributed by atoms with van der Waals surface area (Å²) in [7, 11) is 1.36. The van der Waals surface area contributed by atoms with Crippen LogP contribution in [0.3, 0.4) is 0 Å². The van der Waals surface area contributed by atoms with Crippen molar-refractivity contribution < 1.29 is 9.53 Å². The van der Waals surface area contributed by atoms with Crippen molar-refractivity contribution in [3.8, 4) is 0 Å². The summed E-state index contributed by atoms with van der Waals surface area (Å²) in [6, 6.07) is 0. The molecule has 0 aromatic heterocycles. The lowest BCUT2D eigenvalue weighted by Gasteiger charge is -1.91. The van der Waals surface area contributed by atoms with E-state index in [0.29, 0.717) is 0 Å². The van der Waals surface area contributed by atoms with Gasteiger partial charge in [0.1, 0.15) is 0 Å². The standard InChI is InChI=1S/C10H14O2/c1-4-5-6-7-9(2)8-10(11)12-3/h4-8H,1-3H3/b5-4+,7-6+,9-8-. The zero-order valence-corrected chi connectivity index (χ0v) is 7.70. The predicted molar refractivity (Wildman–Crippen MR) is 49.7 cm³/mol. The molecule has 0 amide bonds. The number of rotatable bonds is 3. The average molecular weight is 166 g/mol. The number of allylic oxidation sites excluding steroid dienone is 5. The summed E-state index contributed by atoms with van der Waals surface area (Å²) in [6.45, 7) is 3.78. The average Bonchev–Trinajstić information content (AvgIpc) is 2.05. The molecule has 0 aliphatic heterocycles. The van der Waals surface area contributed by atoms with Crippen LogP contribution >= 0.6 is 0 Å². The van der Waals surface area contributed by atoms with Crippen molar-refractivity contribution in [3.05, 3.63) is 36.0 Å². The van der Waals surface area contributed by atoms with Crippen molar-refractivity contribution in [1.82, 2.24) is 0 Å². The normalized spacial score (nSPS) is 12.8. The van der Waals surface area contributed by atoms with Crippen LogP contribution in [0.4, 0.5) is 0 Å². The first-order valence-electron chi connectivity index (χ1n) is 3.76. The van der Waals surface area contributed by atoms with Crippen molar-refractivity contribution >= 4 is 5.97 Å². The lowest BCUT2D eigenvalue weighted by molar-refractivity contribution is -0.134. The summed E-state index contributed by atoms with van der Waals surface area (Å²) in [4.78, 5) is 10.7. The zero-order chi connectivity index (χ0) is 9.40. The minimum absolute atomic E-state index is 0.322. The molecule has 2 heteroatoms. The third-order valence-electron chi connectivity index (χ3n) is 1.21. The van der Waals surface area contributed by atoms with E-state index in [0.717, 1.165) is 5.57 Å². The van der Waals surface area contributed by atoms with E-state index in [4.69, 9.17) is 0 Å². The molecular weight excluding hydrogens is 152 g/mol. The van der Waals surface area contributed by atoms with Crippen LogP contribution in [0, 0.1) is 0 Å². The number of esters is 1. The lowest BCUT2D eigenvalue weighted by Crippen LogP contribution is -1.94. The van der Waals surface area contributed by atoms with Crippen LogP contribution in [0.1, 0.15) is 13.8 Å². The van der Waals surface area contributed by atoms with Gasteiger partial charge in [0.2, 0.25) is 0 Å². The molecule has 0 fully saturated rings. The number of hydrogen-bond acceptors (Lipinski definition) is 2. The van der Waals surface area contributed by atoms with E-state index in [-0.39, 0.29) is 5.97 Å². The summed E-state index contributed by atoms with van der Waals surface area (Å²) >= 11 is 0. The molecule has 0 saturated heterocycles. The molecule has 0 atom stereocenters. The van der Waals surface area contributed by atoms with Gasteiger partial charge in [0.15, 0.2) is 0 Å². The second-order valence-electron chi connectivity index (χ2n) is 2.30. The van der Waals surface area contributed by atoms with Gasteiger partial charge in [-0.1, -0.05) is 24.3 Å². The SMILES string of the molecule is C/C=C/C=C/C(C)=C\C(=O)OC. The number of hydrogen-bond donors (Lipinski definition) is 0. The summed E-state index contributed by atoms with van der Waals surface area (Å²) in [6.07, 6.45) is 8.97. The van der Waals surface area contributed by atoms with E-state index in [1.807, 2.05) is 38.2 Å². The van der Waals surface area contributed by atoms with Gasteiger partial charge in [0, 0.05) is 6.08 Å². The van der Waals surface area contributed by atoms with E-state index < -0.39 is 0 Å². The first kappa shape index (κ1) is 10.7. The summed E-state index contributed by atoms with van der Waals surface area (Å²) < 4.78 is 4.46. The Balaban J connectivity index is 4.10. The van der Waals surface area contributed by atoms with Gasteiger partial charge in [-0.2, -0.15) is 0 Å². The largest absolute Gasteiger partial charge is 0.466 e. The molecule has 0 rings (SSSR count). The van der Waals surface area contributed by atoms with Crippen molar-refractivity contribution in [2.45, 2.75) is 13.8 Å². The van der Waals surface area contributed by atoms with Crippen LogP contribution in [0.2, 0.25) is 0 Å². The van der Waals surface area contributed by atoms with Crippen molar-refractivity contribution in [2.75, 3.05) is 7.11 Å². The van der Waals surface area contributed by atoms with Gasteiger partial charge in [0.05, 0.1) is 7.11 Å². The quantitative estimate of drug-likeness (QED) is 0.365. The van der Waals surface area contributed by atoms with Crippen molar-refractivity contribution in [1.29, 1.82) is 0 Å². The van der Waals surface area contributed by atoms with Gasteiger partial charge >= 0.3 is 5.97 Å². The third-order valence-corrected chi connectivity index (χ3v) is 1.21. The number of carbonyl (C=O) groups is 1. The van der Waals surface area contributed by atoms with E-state index in [1.54, 1.807) is 0 Å². The van der Waals surface area contributed by atoms with Crippen LogP contribution in [-0.2, 0) is 9.53 Å². The third kappa shape index (κ3) is 5.47. The van der Waals surface area contributed by atoms with Crippen LogP contribution in [0.15, 0.2) is 36.0 Å². The Morgan fingerprint density at radius 1 is 1.33 bits per heavy atom. The Hall–Kier alpha value is -1.31. The Bertz CT molecular complexity index is 222. The highest BCUT2D eigenvalue weighted by Crippen LogP contribution is 1.95. The maximum Gasteiger partial charge on any atom is 0.330 e. The Morgan fingerprint density at radius 2 is 2.00 bits per heavy atom. The molecule has 0 aliphatic rings. The molecule has 0 bridgehead atoms. The molecule has 0 unspecified atom stereocenters. The van der Waals surface area contributed by atoms with Gasteiger partial charge < -0.3 is 4.74 Å². The molecule has 0 aromatic rings. The van der Waals surface area contributed by atoms with Gasteiger partial charge in [-0.05, 0) is 19.4 Å². The van der Waals surface area contributed by atoms with E-state index in [2.05, 4.69) is 4.74 Å². The molecule has 0 N–H and O–H groups in total. The fraction of sp³-hybridized carbons (Fsp3) is 0.300. The van der Waals surface area contributed by atoms with Crippen LogP contribution in [-0.4, -0.2) is 13.1 Å². The second kappa shape index (κ2) is 6.40. The van der Waals surface area contributed by atoms with Gasteiger partial charge in [-0.15, -0.1) is 0 Å². The first-order valence-corrected chi connectivity index (χ1v) is 3.76. The minimum atomic E-state index is -0.322. The predicted octanol–water partition coefficient (Wildman–Crippen LogP) is 2.24. The second-order valence-corrected chi connectivity index (χ2v) is 2.30. The number of ether oxygens (including phenoxy) is 1. The van der Waals surface area contributed by atoms with Crippen molar-refractivity contribution in [3.63, 3.8) is 0 Å². The van der Waals surface area contributed by atoms with Crippen LogP contribution in [0.5, 0.6) is 0 Å². The summed E-state index contributed by atoms with van der Waals surface area (Å²) in [5.74, 6) is -0.322.